The first-order valence-electron chi connectivity index (χ1n) is 7.86. The van der Waals surface area contributed by atoms with Crippen LogP contribution in [-0.4, -0.2) is 35.3 Å². The molecule has 0 spiro atoms. The van der Waals surface area contributed by atoms with E-state index in [4.69, 9.17) is 9.84 Å². The summed E-state index contributed by atoms with van der Waals surface area (Å²) in [5, 5.41) is 9.09. The molecule has 1 fully saturated rings. The molecule has 1 heterocycles. The van der Waals surface area contributed by atoms with Gasteiger partial charge in [-0.15, -0.1) is 0 Å². The Morgan fingerprint density at radius 3 is 2.95 bits per heavy atom. The highest BCUT2D eigenvalue weighted by molar-refractivity contribution is 9.10. The van der Waals surface area contributed by atoms with Crippen LogP contribution in [0.25, 0.3) is 0 Å². The Morgan fingerprint density at radius 2 is 2.27 bits per heavy atom. The van der Waals surface area contributed by atoms with E-state index in [1.807, 2.05) is 32.0 Å². The lowest BCUT2D eigenvalue weighted by atomic mass is 9.88. The van der Waals surface area contributed by atoms with Gasteiger partial charge >= 0.3 is 6.09 Å². The van der Waals surface area contributed by atoms with Gasteiger partial charge in [0.25, 0.3) is 0 Å². The molecule has 1 saturated heterocycles. The van der Waals surface area contributed by atoms with Crippen LogP contribution < -0.4 is 4.74 Å². The van der Waals surface area contributed by atoms with Crippen molar-refractivity contribution in [1.82, 2.24) is 4.90 Å². The number of hydrogen-bond acceptors (Lipinski definition) is 2. The molecule has 2 rings (SSSR count). The van der Waals surface area contributed by atoms with Crippen LogP contribution in [0.3, 0.4) is 0 Å². The van der Waals surface area contributed by atoms with Crippen LogP contribution in [0.1, 0.15) is 38.2 Å². The smallest absolute Gasteiger partial charge is 0.407 e. The standard InChI is InChI=1S/C17H24BrNO3/c1-12-11-14(8-9-19(12)17(20)21)5-4-10-22-16-7-3-6-15(18)13(16)2/h3,6-7,12,14H,4-5,8-11H2,1-2H3,(H,20,21)/t12-,14?/m1/s1. The van der Waals surface area contributed by atoms with Crippen molar-refractivity contribution in [3.8, 4) is 5.75 Å². The molecule has 1 unspecified atom stereocenters. The van der Waals surface area contributed by atoms with E-state index >= 15 is 0 Å². The molecule has 1 aliphatic heterocycles. The highest BCUT2D eigenvalue weighted by Crippen LogP contribution is 2.28. The SMILES string of the molecule is Cc1c(Br)cccc1OCCCC1CCN(C(=O)O)[C@H](C)C1. The molecule has 0 radical (unpaired) electrons. The minimum atomic E-state index is -0.792. The zero-order valence-electron chi connectivity index (χ0n) is 13.2. The van der Waals surface area contributed by atoms with E-state index in [1.165, 1.54) is 0 Å². The number of benzene rings is 1. The molecule has 0 bridgehead atoms. The molecule has 4 nitrogen and oxygen atoms in total. The van der Waals surface area contributed by atoms with Gasteiger partial charge in [-0.25, -0.2) is 4.79 Å². The van der Waals surface area contributed by atoms with Gasteiger partial charge in [-0.1, -0.05) is 22.0 Å². The summed E-state index contributed by atoms with van der Waals surface area (Å²) in [6.45, 7) is 5.42. The quantitative estimate of drug-likeness (QED) is 0.765. The van der Waals surface area contributed by atoms with Gasteiger partial charge in [-0.2, -0.15) is 0 Å². The lowest BCUT2D eigenvalue weighted by molar-refractivity contribution is 0.0928. The van der Waals surface area contributed by atoms with Crippen molar-refractivity contribution in [3.63, 3.8) is 0 Å². The summed E-state index contributed by atoms with van der Waals surface area (Å²) in [6, 6.07) is 6.12. The molecule has 122 valence electrons. The number of ether oxygens (including phenoxy) is 1. The molecular formula is C17H24BrNO3. The van der Waals surface area contributed by atoms with Crippen LogP contribution in [0.4, 0.5) is 4.79 Å². The maximum Gasteiger partial charge on any atom is 0.407 e. The topological polar surface area (TPSA) is 49.8 Å². The lowest BCUT2D eigenvalue weighted by Crippen LogP contribution is -2.43. The minimum absolute atomic E-state index is 0.129. The number of halogens is 1. The number of hydrogen-bond donors (Lipinski definition) is 1. The maximum absolute atomic E-state index is 11.1. The molecule has 0 aromatic heterocycles. The first-order chi connectivity index (χ1) is 10.5. The molecule has 1 amide bonds. The predicted octanol–water partition coefficient (Wildman–Crippen LogP) is 4.70. The first kappa shape index (κ1) is 17.1. The second-order valence-corrected chi connectivity index (χ2v) is 6.92. The highest BCUT2D eigenvalue weighted by Gasteiger charge is 2.28. The van der Waals surface area contributed by atoms with Crippen LogP contribution >= 0.6 is 15.9 Å². The Morgan fingerprint density at radius 1 is 1.50 bits per heavy atom. The monoisotopic (exact) mass is 369 g/mol. The number of rotatable bonds is 5. The van der Waals surface area contributed by atoms with E-state index < -0.39 is 6.09 Å². The highest BCUT2D eigenvalue weighted by atomic mass is 79.9. The Bertz CT molecular complexity index is 521. The van der Waals surface area contributed by atoms with Gasteiger partial charge < -0.3 is 14.7 Å². The van der Waals surface area contributed by atoms with E-state index in [0.717, 1.165) is 41.5 Å². The average Bonchev–Trinajstić information content (AvgIpc) is 2.47. The van der Waals surface area contributed by atoms with Crippen molar-refractivity contribution in [2.45, 2.75) is 45.6 Å². The van der Waals surface area contributed by atoms with Crippen LogP contribution in [0.15, 0.2) is 22.7 Å². The van der Waals surface area contributed by atoms with E-state index in [1.54, 1.807) is 4.90 Å². The Kier molecular flexibility index (Phi) is 6.12. The van der Waals surface area contributed by atoms with Gasteiger partial charge in [0.1, 0.15) is 5.75 Å². The largest absolute Gasteiger partial charge is 0.493 e. The molecule has 1 aliphatic rings. The molecule has 0 aliphatic carbocycles. The summed E-state index contributed by atoms with van der Waals surface area (Å²) in [6.07, 6.45) is 3.25. The van der Waals surface area contributed by atoms with Gasteiger partial charge in [0.2, 0.25) is 0 Å². The number of piperidine rings is 1. The Labute approximate surface area is 140 Å². The molecule has 1 aromatic rings. The second-order valence-electron chi connectivity index (χ2n) is 6.07. The third-order valence-corrected chi connectivity index (χ3v) is 5.32. The molecular weight excluding hydrogens is 346 g/mol. The van der Waals surface area contributed by atoms with Gasteiger partial charge in [-0.3, -0.25) is 0 Å². The average molecular weight is 370 g/mol. The van der Waals surface area contributed by atoms with E-state index in [2.05, 4.69) is 15.9 Å². The summed E-state index contributed by atoms with van der Waals surface area (Å²) < 4.78 is 6.93. The first-order valence-corrected chi connectivity index (χ1v) is 8.65. The zero-order chi connectivity index (χ0) is 16.1. The Balaban J connectivity index is 1.71. The van der Waals surface area contributed by atoms with Crippen LogP contribution in [0.2, 0.25) is 0 Å². The summed E-state index contributed by atoms with van der Waals surface area (Å²) >= 11 is 3.51. The molecule has 22 heavy (non-hydrogen) atoms. The predicted molar refractivity (Wildman–Crippen MR) is 90.5 cm³/mol. The maximum atomic E-state index is 11.1. The van der Waals surface area contributed by atoms with Crippen molar-refractivity contribution in [2.24, 2.45) is 5.92 Å². The van der Waals surface area contributed by atoms with E-state index in [0.29, 0.717) is 19.1 Å². The third kappa shape index (κ3) is 4.38. The fourth-order valence-corrected chi connectivity index (χ4v) is 3.46. The van der Waals surface area contributed by atoms with Gasteiger partial charge in [0, 0.05) is 22.6 Å². The third-order valence-electron chi connectivity index (χ3n) is 4.46. The molecule has 5 heteroatoms. The van der Waals surface area contributed by atoms with Crippen molar-refractivity contribution >= 4 is 22.0 Å². The van der Waals surface area contributed by atoms with E-state index in [-0.39, 0.29) is 6.04 Å². The van der Waals surface area contributed by atoms with Crippen LogP contribution in [0.5, 0.6) is 5.75 Å². The van der Waals surface area contributed by atoms with Crippen molar-refractivity contribution in [3.05, 3.63) is 28.2 Å². The molecule has 2 atom stereocenters. The van der Waals surface area contributed by atoms with Crippen molar-refractivity contribution < 1.29 is 14.6 Å². The number of amides is 1. The summed E-state index contributed by atoms with van der Waals surface area (Å²) in [5.41, 5.74) is 1.13. The summed E-state index contributed by atoms with van der Waals surface area (Å²) in [7, 11) is 0. The van der Waals surface area contributed by atoms with Crippen LogP contribution in [-0.2, 0) is 0 Å². The lowest BCUT2D eigenvalue weighted by Gasteiger charge is -2.35. The fraction of sp³-hybridized carbons (Fsp3) is 0.588. The van der Waals surface area contributed by atoms with Crippen LogP contribution in [0, 0.1) is 12.8 Å². The molecule has 0 saturated carbocycles. The summed E-state index contributed by atoms with van der Waals surface area (Å²) in [5.74, 6) is 1.54. The number of nitrogens with zero attached hydrogens (tertiary/aromatic N) is 1. The van der Waals surface area contributed by atoms with Gasteiger partial charge in [-0.05, 0) is 57.6 Å². The fourth-order valence-electron chi connectivity index (χ4n) is 3.11. The van der Waals surface area contributed by atoms with Gasteiger partial charge in [0.15, 0.2) is 0 Å². The van der Waals surface area contributed by atoms with Crippen molar-refractivity contribution in [1.29, 1.82) is 0 Å². The molecule has 1 aromatic carbocycles. The number of likely N-dealkylation sites (tertiary alicyclic amines) is 1. The molecule has 1 N–H and O–H groups in total. The van der Waals surface area contributed by atoms with Gasteiger partial charge in [0.05, 0.1) is 6.61 Å². The summed E-state index contributed by atoms with van der Waals surface area (Å²) in [4.78, 5) is 12.6. The zero-order valence-corrected chi connectivity index (χ0v) is 14.8. The number of carbonyl (C=O) groups is 1. The minimum Gasteiger partial charge on any atom is -0.493 e. The normalized spacial score (nSPS) is 21.7. The number of carboxylic acid groups (broad SMARTS) is 1. The Hall–Kier alpha value is -1.23. The second kappa shape index (κ2) is 7.86. The van der Waals surface area contributed by atoms with Crippen molar-refractivity contribution in [2.75, 3.05) is 13.2 Å². The van der Waals surface area contributed by atoms with E-state index in [9.17, 15) is 4.79 Å².